The summed E-state index contributed by atoms with van der Waals surface area (Å²) in [6.07, 6.45) is 2.73. The molecule has 0 aromatic heterocycles. The molecule has 1 rings (SSSR count). The number of benzene rings is 1. The van der Waals surface area contributed by atoms with Gasteiger partial charge in [0.2, 0.25) is 0 Å². The van der Waals surface area contributed by atoms with E-state index in [-0.39, 0.29) is 12.5 Å². The second-order valence-electron chi connectivity index (χ2n) is 3.73. The van der Waals surface area contributed by atoms with Gasteiger partial charge >= 0.3 is 11.9 Å². The van der Waals surface area contributed by atoms with E-state index in [0.29, 0.717) is 5.56 Å². The van der Waals surface area contributed by atoms with Gasteiger partial charge in [0.15, 0.2) is 6.61 Å². The number of ether oxygens (including phenoxy) is 2. The Morgan fingerprint density at radius 2 is 1.85 bits per heavy atom. The maximum Gasteiger partial charge on any atom is 0.337 e. The van der Waals surface area contributed by atoms with Gasteiger partial charge in [-0.2, -0.15) is 0 Å². The van der Waals surface area contributed by atoms with Gasteiger partial charge in [-0.15, -0.1) is 0 Å². The minimum absolute atomic E-state index is 0.319. The summed E-state index contributed by atoms with van der Waals surface area (Å²) in [6.45, 7) is -0.319. The summed E-state index contributed by atoms with van der Waals surface area (Å²) >= 11 is 0. The van der Waals surface area contributed by atoms with Crippen LogP contribution in [0.15, 0.2) is 30.3 Å². The van der Waals surface area contributed by atoms with Gasteiger partial charge in [-0.1, -0.05) is 12.1 Å². The van der Waals surface area contributed by atoms with Gasteiger partial charge in [-0.25, -0.2) is 9.59 Å². The highest BCUT2D eigenvalue weighted by molar-refractivity contribution is 5.91. The minimum atomic E-state index is -0.620. The molecule has 0 fully saturated rings. The molecule has 0 unspecified atom stereocenters. The van der Waals surface area contributed by atoms with Crippen molar-refractivity contribution < 1.29 is 23.9 Å². The number of rotatable bonds is 5. The van der Waals surface area contributed by atoms with E-state index in [1.807, 2.05) is 0 Å². The molecule has 106 valence electrons. The van der Waals surface area contributed by atoms with Crippen molar-refractivity contribution in [2.45, 2.75) is 0 Å². The molecule has 0 heterocycles. The molecule has 6 heteroatoms. The van der Waals surface area contributed by atoms with Crippen molar-refractivity contribution in [3.8, 4) is 0 Å². The van der Waals surface area contributed by atoms with Gasteiger partial charge in [0.1, 0.15) is 0 Å². The molecule has 20 heavy (non-hydrogen) atoms. The number of methoxy groups -OCH3 is 1. The molecule has 0 saturated carbocycles. The summed E-state index contributed by atoms with van der Waals surface area (Å²) in [5.74, 6) is -1.43. The second kappa shape index (κ2) is 7.73. The molecule has 0 radical (unpaired) electrons. The quantitative estimate of drug-likeness (QED) is 0.635. The van der Waals surface area contributed by atoms with E-state index in [2.05, 4.69) is 14.8 Å². The minimum Gasteiger partial charge on any atom is -0.465 e. The molecule has 0 aliphatic rings. The SMILES string of the molecule is CNC(=O)COC(=O)/C=C/c1ccc(C(=O)OC)cc1. The maximum absolute atomic E-state index is 11.3. The van der Waals surface area contributed by atoms with E-state index in [1.165, 1.54) is 26.3 Å². The zero-order valence-corrected chi connectivity index (χ0v) is 11.2. The molecular formula is C14H15NO5. The van der Waals surface area contributed by atoms with Crippen LogP contribution >= 0.6 is 0 Å². The largest absolute Gasteiger partial charge is 0.465 e. The number of amides is 1. The zero-order chi connectivity index (χ0) is 15.0. The van der Waals surface area contributed by atoms with E-state index in [0.717, 1.165) is 5.56 Å². The first kappa shape index (κ1) is 15.4. The molecule has 0 atom stereocenters. The first-order chi connectivity index (χ1) is 9.56. The van der Waals surface area contributed by atoms with E-state index in [9.17, 15) is 14.4 Å². The topological polar surface area (TPSA) is 81.7 Å². The van der Waals surface area contributed by atoms with Crippen LogP contribution < -0.4 is 5.32 Å². The van der Waals surface area contributed by atoms with Crippen LogP contribution in [0.3, 0.4) is 0 Å². The molecule has 1 aromatic rings. The molecule has 1 aromatic carbocycles. The number of esters is 2. The fraction of sp³-hybridized carbons (Fsp3) is 0.214. The lowest BCUT2D eigenvalue weighted by molar-refractivity contribution is -0.143. The number of hydrogen-bond donors (Lipinski definition) is 1. The lowest BCUT2D eigenvalue weighted by atomic mass is 10.1. The molecule has 1 amide bonds. The lowest BCUT2D eigenvalue weighted by Crippen LogP contribution is -2.24. The predicted molar refractivity (Wildman–Crippen MR) is 71.8 cm³/mol. The molecule has 0 spiro atoms. The summed E-state index contributed by atoms with van der Waals surface area (Å²) < 4.78 is 9.25. The number of carbonyl (C=O) groups excluding carboxylic acids is 3. The van der Waals surface area contributed by atoms with Crippen molar-refractivity contribution in [3.63, 3.8) is 0 Å². The van der Waals surface area contributed by atoms with Crippen LogP contribution in [0, 0.1) is 0 Å². The lowest BCUT2D eigenvalue weighted by Gasteiger charge is -2.00. The van der Waals surface area contributed by atoms with Crippen LogP contribution in [0.2, 0.25) is 0 Å². The first-order valence-corrected chi connectivity index (χ1v) is 5.80. The highest BCUT2D eigenvalue weighted by Gasteiger charge is 2.04. The molecular weight excluding hydrogens is 262 g/mol. The number of carbonyl (C=O) groups is 3. The third kappa shape index (κ3) is 4.93. The predicted octanol–water partition coefficient (Wildman–Crippen LogP) is 0.776. The Bertz CT molecular complexity index is 519. The normalized spacial score (nSPS) is 10.1. The molecule has 0 saturated heterocycles. The van der Waals surface area contributed by atoms with Gasteiger partial charge < -0.3 is 14.8 Å². The Labute approximate surface area is 116 Å². The van der Waals surface area contributed by atoms with Crippen LogP contribution in [0.1, 0.15) is 15.9 Å². The highest BCUT2D eigenvalue weighted by Crippen LogP contribution is 2.07. The number of nitrogens with one attached hydrogen (secondary N) is 1. The van der Waals surface area contributed by atoms with E-state index in [1.54, 1.807) is 24.3 Å². The monoisotopic (exact) mass is 277 g/mol. The Morgan fingerprint density at radius 3 is 2.40 bits per heavy atom. The van der Waals surface area contributed by atoms with E-state index in [4.69, 9.17) is 0 Å². The van der Waals surface area contributed by atoms with Gasteiger partial charge in [0.25, 0.3) is 5.91 Å². The van der Waals surface area contributed by atoms with Gasteiger partial charge in [0, 0.05) is 13.1 Å². The Balaban J connectivity index is 2.55. The summed E-state index contributed by atoms with van der Waals surface area (Å²) in [6, 6.07) is 6.49. The summed E-state index contributed by atoms with van der Waals surface area (Å²) in [5.41, 5.74) is 1.14. The fourth-order valence-corrected chi connectivity index (χ4v) is 1.27. The van der Waals surface area contributed by atoms with Crippen molar-refractivity contribution >= 4 is 23.9 Å². The van der Waals surface area contributed by atoms with Crippen LogP contribution in [0.5, 0.6) is 0 Å². The molecule has 1 N–H and O–H groups in total. The summed E-state index contributed by atoms with van der Waals surface area (Å²) in [5, 5.41) is 2.33. The molecule has 0 aliphatic carbocycles. The highest BCUT2D eigenvalue weighted by atomic mass is 16.5. The smallest absolute Gasteiger partial charge is 0.337 e. The van der Waals surface area contributed by atoms with E-state index >= 15 is 0 Å². The van der Waals surface area contributed by atoms with Crippen LogP contribution in [-0.2, 0) is 19.1 Å². The first-order valence-electron chi connectivity index (χ1n) is 5.80. The van der Waals surface area contributed by atoms with Gasteiger partial charge in [-0.3, -0.25) is 4.79 Å². The second-order valence-corrected chi connectivity index (χ2v) is 3.73. The van der Waals surface area contributed by atoms with Crippen molar-refractivity contribution in [1.82, 2.24) is 5.32 Å². The Morgan fingerprint density at radius 1 is 1.20 bits per heavy atom. The van der Waals surface area contributed by atoms with Crippen LogP contribution in [0.25, 0.3) is 6.08 Å². The number of hydrogen-bond acceptors (Lipinski definition) is 5. The average molecular weight is 277 g/mol. The molecule has 6 nitrogen and oxygen atoms in total. The maximum atomic E-state index is 11.3. The summed E-state index contributed by atoms with van der Waals surface area (Å²) in [7, 11) is 2.76. The van der Waals surface area contributed by atoms with Crippen molar-refractivity contribution in [2.75, 3.05) is 20.8 Å². The van der Waals surface area contributed by atoms with Crippen molar-refractivity contribution in [2.24, 2.45) is 0 Å². The van der Waals surface area contributed by atoms with Crippen LogP contribution in [-0.4, -0.2) is 38.6 Å². The summed E-state index contributed by atoms with van der Waals surface area (Å²) in [4.78, 5) is 33.4. The average Bonchev–Trinajstić information content (AvgIpc) is 2.50. The zero-order valence-electron chi connectivity index (χ0n) is 11.2. The van der Waals surface area contributed by atoms with Crippen molar-refractivity contribution in [3.05, 3.63) is 41.5 Å². The Kier molecular flexibility index (Phi) is 5.96. The fourth-order valence-electron chi connectivity index (χ4n) is 1.27. The Hall–Kier alpha value is -2.63. The molecule has 0 aliphatic heterocycles. The van der Waals surface area contributed by atoms with Crippen molar-refractivity contribution in [1.29, 1.82) is 0 Å². The number of likely N-dealkylation sites (N-methyl/N-ethyl adjacent to an activating group) is 1. The van der Waals surface area contributed by atoms with Gasteiger partial charge in [-0.05, 0) is 23.8 Å². The third-order valence-corrected chi connectivity index (χ3v) is 2.37. The van der Waals surface area contributed by atoms with E-state index < -0.39 is 11.9 Å². The van der Waals surface area contributed by atoms with Crippen LogP contribution in [0.4, 0.5) is 0 Å². The third-order valence-electron chi connectivity index (χ3n) is 2.37. The van der Waals surface area contributed by atoms with Gasteiger partial charge in [0.05, 0.1) is 12.7 Å². The standard InChI is InChI=1S/C14H15NO5/c1-15-12(16)9-20-13(17)8-5-10-3-6-11(7-4-10)14(18)19-2/h3-8H,9H2,1-2H3,(H,15,16)/b8-5+. The molecule has 0 bridgehead atoms.